The number of carboxylic acid groups (broad SMARTS) is 1. The lowest BCUT2D eigenvalue weighted by atomic mass is 9.80. The van der Waals surface area contributed by atoms with Gasteiger partial charge >= 0.3 is 5.97 Å². The minimum Gasteiger partial charge on any atom is -0.481 e. The van der Waals surface area contributed by atoms with E-state index < -0.39 is 11.4 Å². The number of pyridine rings is 1. The Bertz CT molecular complexity index is 1190. The van der Waals surface area contributed by atoms with Gasteiger partial charge in [-0.3, -0.25) is 9.59 Å². The molecule has 1 saturated heterocycles. The van der Waals surface area contributed by atoms with Gasteiger partial charge in [-0.05, 0) is 43.1 Å². The van der Waals surface area contributed by atoms with E-state index in [0.717, 1.165) is 59.4 Å². The molecular weight excluding hydrogens is 462 g/mol. The van der Waals surface area contributed by atoms with E-state index >= 15 is 0 Å². The van der Waals surface area contributed by atoms with Crippen molar-refractivity contribution in [1.29, 1.82) is 0 Å². The summed E-state index contributed by atoms with van der Waals surface area (Å²) >= 11 is 1.48. The van der Waals surface area contributed by atoms with Crippen LogP contribution in [0.4, 0.5) is 5.82 Å². The molecule has 0 spiro atoms. The number of likely N-dealkylation sites (N-methyl/N-ethyl adjacent to an activating group) is 1. The van der Waals surface area contributed by atoms with E-state index in [9.17, 15) is 14.7 Å². The highest BCUT2D eigenvalue weighted by Gasteiger charge is 2.45. The van der Waals surface area contributed by atoms with Crippen molar-refractivity contribution in [1.82, 2.24) is 20.2 Å². The molecule has 9 heteroatoms. The SMILES string of the molecule is CN1CCN(c2ccc(-c3csc(CNC(=O)C4(CC(=O)O)Cc5ccccc5C4)n3)cn2)CC1. The summed E-state index contributed by atoms with van der Waals surface area (Å²) in [5.74, 6) is -0.214. The van der Waals surface area contributed by atoms with Crippen LogP contribution in [-0.2, 0) is 29.0 Å². The lowest BCUT2D eigenvalue weighted by Gasteiger charge is -2.33. The van der Waals surface area contributed by atoms with Gasteiger partial charge in [-0.25, -0.2) is 9.97 Å². The molecule has 182 valence electrons. The van der Waals surface area contributed by atoms with Gasteiger partial charge in [0, 0.05) is 43.3 Å². The van der Waals surface area contributed by atoms with Crippen molar-refractivity contribution < 1.29 is 14.7 Å². The van der Waals surface area contributed by atoms with Crippen LogP contribution in [0.1, 0.15) is 22.6 Å². The fourth-order valence-corrected chi connectivity index (χ4v) is 5.72. The smallest absolute Gasteiger partial charge is 0.304 e. The lowest BCUT2D eigenvalue weighted by molar-refractivity contribution is -0.145. The van der Waals surface area contributed by atoms with Crippen LogP contribution in [0.15, 0.2) is 48.0 Å². The summed E-state index contributed by atoms with van der Waals surface area (Å²) in [6.45, 7) is 4.28. The number of anilines is 1. The number of carbonyl (C=O) groups is 2. The highest BCUT2D eigenvalue weighted by atomic mass is 32.1. The first-order valence-corrected chi connectivity index (χ1v) is 12.7. The van der Waals surface area contributed by atoms with Gasteiger partial charge < -0.3 is 20.2 Å². The molecule has 3 aromatic rings. The van der Waals surface area contributed by atoms with Gasteiger partial charge in [-0.2, -0.15) is 0 Å². The van der Waals surface area contributed by atoms with Crippen LogP contribution in [0.25, 0.3) is 11.3 Å². The quantitative estimate of drug-likeness (QED) is 0.524. The van der Waals surface area contributed by atoms with Crippen LogP contribution in [0.3, 0.4) is 0 Å². The second-order valence-electron chi connectivity index (χ2n) is 9.48. The Morgan fingerprint density at radius 3 is 2.43 bits per heavy atom. The van der Waals surface area contributed by atoms with Crippen molar-refractivity contribution in [2.24, 2.45) is 5.41 Å². The Morgan fingerprint density at radius 1 is 1.09 bits per heavy atom. The number of benzene rings is 1. The fraction of sp³-hybridized carbons (Fsp3) is 0.385. The second-order valence-corrected chi connectivity index (χ2v) is 10.4. The molecule has 0 saturated carbocycles. The number of nitrogens with one attached hydrogen (secondary N) is 1. The molecule has 0 atom stereocenters. The number of carbonyl (C=O) groups excluding carboxylic acids is 1. The zero-order valence-corrected chi connectivity index (χ0v) is 20.6. The number of piperazine rings is 1. The number of carboxylic acids is 1. The largest absolute Gasteiger partial charge is 0.481 e. The highest BCUT2D eigenvalue weighted by Crippen LogP contribution is 2.40. The summed E-state index contributed by atoms with van der Waals surface area (Å²) in [5, 5.41) is 15.2. The van der Waals surface area contributed by atoms with E-state index in [0.29, 0.717) is 12.8 Å². The monoisotopic (exact) mass is 491 g/mol. The van der Waals surface area contributed by atoms with E-state index in [2.05, 4.69) is 32.1 Å². The Kier molecular flexibility index (Phi) is 6.53. The van der Waals surface area contributed by atoms with Crippen LogP contribution in [0.5, 0.6) is 0 Å². The number of nitrogens with zero attached hydrogens (tertiary/aromatic N) is 4. The predicted octanol–water partition coefficient (Wildman–Crippen LogP) is 2.83. The van der Waals surface area contributed by atoms with Gasteiger partial charge in [0.25, 0.3) is 0 Å². The van der Waals surface area contributed by atoms with Crippen molar-refractivity contribution >= 4 is 29.0 Å². The van der Waals surface area contributed by atoms with E-state index in [1.54, 1.807) is 0 Å². The number of rotatable bonds is 7. The maximum absolute atomic E-state index is 13.2. The van der Waals surface area contributed by atoms with Crippen molar-refractivity contribution in [3.8, 4) is 11.3 Å². The summed E-state index contributed by atoms with van der Waals surface area (Å²) in [6, 6.07) is 11.9. The maximum atomic E-state index is 13.2. The van der Waals surface area contributed by atoms with Gasteiger partial charge in [0.05, 0.1) is 24.1 Å². The third kappa shape index (κ3) is 5.06. The molecule has 8 nitrogen and oxygen atoms in total. The zero-order valence-electron chi connectivity index (χ0n) is 19.7. The molecule has 1 aromatic carbocycles. The van der Waals surface area contributed by atoms with Crippen LogP contribution in [-0.4, -0.2) is 65.1 Å². The number of aromatic nitrogens is 2. The molecule has 0 radical (unpaired) electrons. The second kappa shape index (κ2) is 9.75. The molecule has 35 heavy (non-hydrogen) atoms. The van der Waals surface area contributed by atoms with Gasteiger partial charge in [-0.15, -0.1) is 11.3 Å². The molecule has 0 bridgehead atoms. The van der Waals surface area contributed by atoms with Crippen molar-refractivity contribution in [2.75, 3.05) is 38.1 Å². The number of thiazole rings is 1. The molecule has 2 aliphatic rings. The third-order valence-corrected chi connectivity index (χ3v) is 7.82. The molecule has 2 N–H and O–H groups in total. The molecule has 1 aliphatic heterocycles. The average Bonchev–Trinajstić information content (AvgIpc) is 3.48. The van der Waals surface area contributed by atoms with Gasteiger partial charge in [-0.1, -0.05) is 24.3 Å². The fourth-order valence-electron chi connectivity index (χ4n) is 4.98. The first-order valence-electron chi connectivity index (χ1n) is 11.8. The lowest BCUT2D eigenvalue weighted by Crippen LogP contribution is -2.44. The number of amides is 1. The average molecular weight is 492 g/mol. The summed E-state index contributed by atoms with van der Waals surface area (Å²) < 4.78 is 0. The molecule has 1 aliphatic carbocycles. The van der Waals surface area contributed by atoms with E-state index in [-0.39, 0.29) is 18.9 Å². The normalized spacial score (nSPS) is 17.2. The Hall–Kier alpha value is -3.30. The summed E-state index contributed by atoms with van der Waals surface area (Å²) in [6.07, 6.45) is 2.54. The van der Waals surface area contributed by atoms with Crippen molar-refractivity contribution in [2.45, 2.75) is 25.8 Å². The Morgan fingerprint density at radius 2 is 1.80 bits per heavy atom. The van der Waals surface area contributed by atoms with Gasteiger partial charge in [0.2, 0.25) is 5.91 Å². The molecule has 0 unspecified atom stereocenters. The Labute approximate surface area is 208 Å². The Balaban J connectivity index is 1.23. The molecule has 3 heterocycles. The van der Waals surface area contributed by atoms with Gasteiger partial charge in [0.15, 0.2) is 0 Å². The maximum Gasteiger partial charge on any atom is 0.304 e. The predicted molar refractivity (Wildman–Crippen MR) is 135 cm³/mol. The standard InChI is InChI=1S/C26H29N5O3S/c1-30-8-10-31(11-9-30)22-7-6-20(15-27-22)21-17-35-23(29-21)16-28-25(34)26(14-24(32)33)12-18-4-2-3-5-19(18)13-26/h2-7,15,17H,8-14,16H2,1H3,(H,28,34)(H,32,33). The molecule has 5 rings (SSSR count). The zero-order chi connectivity index (χ0) is 24.4. The summed E-state index contributed by atoms with van der Waals surface area (Å²) in [4.78, 5) is 38.7. The molecule has 2 aromatic heterocycles. The number of aliphatic carboxylic acids is 1. The van der Waals surface area contributed by atoms with Crippen molar-refractivity contribution in [3.63, 3.8) is 0 Å². The van der Waals surface area contributed by atoms with Crippen molar-refractivity contribution in [3.05, 3.63) is 64.1 Å². The number of hydrogen-bond acceptors (Lipinski definition) is 7. The first-order chi connectivity index (χ1) is 16.9. The number of hydrogen-bond donors (Lipinski definition) is 2. The highest BCUT2D eigenvalue weighted by molar-refractivity contribution is 7.09. The third-order valence-electron chi connectivity index (χ3n) is 6.97. The molecular formula is C26H29N5O3S. The van der Waals surface area contributed by atoms with Crippen LogP contribution in [0.2, 0.25) is 0 Å². The van der Waals surface area contributed by atoms with E-state index in [1.165, 1.54) is 11.3 Å². The van der Waals surface area contributed by atoms with Crippen LogP contribution >= 0.6 is 11.3 Å². The minimum absolute atomic E-state index is 0.193. The molecule has 1 amide bonds. The summed E-state index contributed by atoms with van der Waals surface area (Å²) in [7, 11) is 2.13. The number of fused-ring (bicyclic) bond motifs is 1. The summed E-state index contributed by atoms with van der Waals surface area (Å²) in [5.41, 5.74) is 2.90. The van der Waals surface area contributed by atoms with Crippen LogP contribution in [0, 0.1) is 5.41 Å². The van der Waals surface area contributed by atoms with E-state index in [4.69, 9.17) is 0 Å². The first kappa shape index (κ1) is 23.4. The van der Waals surface area contributed by atoms with Gasteiger partial charge in [0.1, 0.15) is 10.8 Å². The molecule has 1 fully saturated rings. The van der Waals surface area contributed by atoms with E-state index in [1.807, 2.05) is 48.0 Å². The van der Waals surface area contributed by atoms with Crippen LogP contribution < -0.4 is 10.2 Å². The minimum atomic E-state index is -0.961. The topological polar surface area (TPSA) is 98.7 Å².